The largest absolute Gasteiger partial charge is 0.381 e. The molecule has 0 aromatic heterocycles. The summed E-state index contributed by atoms with van der Waals surface area (Å²) in [5, 5.41) is 3.81. The lowest BCUT2D eigenvalue weighted by Gasteiger charge is -2.30. The van der Waals surface area contributed by atoms with Gasteiger partial charge in [0.2, 0.25) is 0 Å². The van der Waals surface area contributed by atoms with Gasteiger partial charge in [0.15, 0.2) is 0 Å². The van der Waals surface area contributed by atoms with Crippen molar-refractivity contribution < 1.29 is 4.74 Å². The highest BCUT2D eigenvalue weighted by molar-refractivity contribution is 4.82. The molecule has 0 heterocycles. The Morgan fingerprint density at radius 2 is 1.43 bits per heavy atom. The van der Waals surface area contributed by atoms with Gasteiger partial charge in [-0.25, -0.2) is 0 Å². The first-order chi connectivity index (χ1) is 6.88. The number of methoxy groups -OCH3 is 1. The molecule has 0 spiro atoms. The smallest absolute Gasteiger partial charge is 0.0572 e. The Hall–Kier alpha value is -0.0800. The highest BCUT2D eigenvalue weighted by Gasteiger charge is 2.24. The summed E-state index contributed by atoms with van der Waals surface area (Å²) in [4.78, 5) is 0. The molecule has 2 rings (SSSR count). The lowest BCUT2D eigenvalue weighted by Crippen LogP contribution is -2.40. The Labute approximate surface area is 87.4 Å². The number of hydrogen-bond donors (Lipinski definition) is 1. The topological polar surface area (TPSA) is 21.3 Å². The molecule has 82 valence electrons. The van der Waals surface area contributed by atoms with E-state index in [4.69, 9.17) is 4.74 Å². The molecule has 0 saturated heterocycles. The average Bonchev–Trinajstić information content (AvgIpc) is 2.72. The zero-order chi connectivity index (χ0) is 9.80. The van der Waals surface area contributed by atoms with Crippen LogP contribution in [-0.2, 0) is 4.74 Å². The second-order valence-corrected chi connectivity index (χ2v) is 4.86. The first kappa shape index (κ1) is 10.4. The van der Waals surface area contributed by atoms with Gasteiger partial charge in [0, 0.05) is 19.2 Å². The third kappa shape index (κ3) is 2.71. The van der Waals surface area contributed by atoms with Gasteiger partial charge in [-0.1, -0.05) is 12.8 Å². The van der Waals surface area contributed by atoms with Gasteiger partial charge in [0.25, 0.3) is 0 Å². The number of ether oxygens (including phenoxy) is 1. The second kappa shape index (κ2) is 5.13. The van der Waals surface area contributed by atoms with E-state index < -0.39 is 0 Å². The van der Waals surface area contributed by atoms with Crippen molar-refractivity contribution in [1.82, 2.24) is 5.32 Å². The maximum absolute atomic E-state index is 5.38. The Balaban J connectivity index is 1.67. The van der Waals surface area contributed by atoms with E-state index in [0.29, 0.717) is 6.10 Å². The standard InChI is InChI=1S/C12H23NO/c1-14-12-8-6-11(7-9-12)13-10-4-2-3-5-10/h10-13H,2-9H2,1H3/t11-,12-. The van der Waals surface area contributed by atoms with Crippen LogP contribution < -0.4 is 5.32 Å². The molecule has 2 aliphatic carbocycles. The molecule has 2 fully saturated rings. The van der Waals surface area contributed by atoms with Crippen LogP contribution in [0.4, 0.5) is 0 Å². The average molecular weight is 197 g/mol. The van der Waals surface area contributed by atoms with Crippen molar-refractivity contribution in [2.24, 2.45) is 0 Å². The number of rotatable bonds is 3. The van der Waals surface area contributed by atoms with E-state index in [-0.39, 0.29) is 0 Å². The molecule has 1 N–H and O–H groups in total. The van der Waals surface area contributed by atoms with Crippen molar-refractivity contribution in [2.75, 3.05) is 7.11 Å². The monoisotopic (exact) mass is 197 g/mol. The normalized spacial score (nSPS) is 34.9. The highest BCUT2D eigenvalue weighted by atomic mass is 16.5. The van der Waals surface area contributed by atoms with Gasteiger partial charge in [0.05, 0.1) is 6.10 Å². The maximum Gasteiger partial charge on any atom is 0.0572 e. The predicted octanol–water partition coefficient (Wildman–Crippen LogP) is 2.48. The predicted molar refractivity (Wildman–Crippen MR) is 58.4 cm³/mol. The Bertz CT molecular complexity index is 158. The Kier molecular flexibility index (Phi) is 3.82. The van der Waals surface area contributed by atoms with Crippen molar-refractivity contribution >= 4 is 0 Å². The minimum absolute atomic E-state index is 0.539. The van der Waals surface area contributed by atoms with Gasteiger partial charge in [0.1, 0.15) is 0 Å². The van der Waals surface area contributed by atoms with E-state index in [1.54, 1.807) is 0 Å². The minimum atomic E-state index is 0.539. The van der Waals surface area contributed by atoms with E-state index in [0.717, 1.165) is 12.1 Å². The molecular weight excluding hydrogens is 174 g/mol. The van der Waals surface area contributed by atoms with Crippen molar-refractivity contribution in [2.45, 2.75) is 69.6 Å². The fourth-order valence-electron chi connectivity index (χ4n) is 2.89. The van der Waals surface area contributed by atoms with Gasteiger partial charge >= 0.3 is 0 Å². The highest BCUT2D eigenvalue weighted by Crippen LogP contribution is 2.24. The van der Waals surface area contributed by atoms with Crippen LogP contribution in [0.15, 0.2) is 0 Å². The van der Waals surface area contributed by atoms with Gasteiger partial charge < -0.3 is 10.1 Å². The molecule has 0 amide bonds. The molecule has 0 unspecified atom stereocenters. The van der Waals surface area contributed by atoms with Crippen LogP contribution >= 0.6 is 0 Å². The van der Waals surface area contributed by atoms with Crippen LogP contribution in [0.2, 0.25) is 0 Å². The van der Waals surface area contributed by atoms with E-state index in [2.05, 4.69) is 5.32 Å². The summed E-state index contributed by atoms with van der Waals surface area (Å²) in [5.41, 5.74) is 0. The van der Waals surface area contributed by atoms with Crippen LogP contribution in [0, 0.1) is 0 Å². The van der Waals surface area contributed by atoms with Crippen molar-refractivity contribution in [3.8, 4) is 0 Å². The molecule has 0 atom stereocenters. The van der Waals surface area contributed by atoms with Gasteiger partial charge in [-0.3, -0.25) is 0 Å². The summed E-state index contributed by atoms with van der Waals surface area (Å²) in [7, 11) is 1.84. The molecule has 2 saturated carbocycles. The summed E-state index contributed by atoms with van der Waals surface area (Å²) in [5.74, 6) is 0. The Morgan fingerprint density at radius 1 is 0.857 bits per heavy atom. The molecular formula is C12H23NO. The van der Waals surface area contributed by atoms with E-state index in [9.17, 15) is 0 Å². The Morgan fingerprint density at radius 3 is 2.00 bits per heavy atom. The number of hydrogen-bond acceptors (Lipinski definition) is 2. The van der Waals surface area contributed by atoms with Crippen LogP contribution in [0.5, 0.6) is 0 Å². The summed E-state index contributed by atoms with van der Waals surface area (Å²) in [6.45, 7) is 0. The van der Waals surface area contributed by atoms with Crippen LogP contribution in [0.1, 0.15) is 51.4 Å². The molecule has 0 aliphatic heterocycles. The van der Waals surface area contributed by atoms with E-state index in [1.807, 2.05) is 7.11 Å². The molecule has 2 heteroatoms. The lowest BCUT2D eigenvalue weighted by molar-refractivity contribution is 0.0612. The van der Waals surface area contributed by atoms with E-state index in [1.165, 1.54) is 51.4 Å². The molecule has 0 aromatic carbocycles. The molecule has 0 bridgehead atoms. The summed E-state index contributed by atoms with van der Waals surface area (Å²) in [6.07, 6.45) is 11.4. The molecule has 0 aromatic rings. The van der Waals surface area contributed by atoms with Crippen molar-refractivity contribution in [3.05, 3.63) is 0 Å². The molecule has 14 heavy (non-hydrogen) atoms. The van der Waals surface area contributed by atoms with Crippen molar-refractivity contribution in [3.63, 3.8) is 0 Å². The summed E-state index contributed by atoms with van der Waals surface area (Å²) >= 11 is 0. The second-order valence-electron chi connectivity index (χ2n) is 4.86. The fourth-order valence-corrected chi connectivity index (χ4v) is 2.89. The van der Waals surface area contributed by atoms with Crippen LogP contribution in [-0.4, -0.2) is 25.3 Å². The SMILES string of the molecule is CO[C@H]1CC[C@H](NC2CCCC2)CC1. The van der Waals surface area contributed by atoms with Gasteiger partial charge in [-0.2, -0.15) is 0 Å². The maximum atomic E-state index is 5.38. The third-order valence-corrected chi connectivity index (χ3v) is 3.83. The van der Waals surface area contributed by atoms with Crippen LogP contribution in [0.3, 0.4) is 0 Å². The number of nitrogens with one attached hydrogen (secondary N) is 1. The first-order valence-corrected chi connectivity index (χ1v) is 6.17. The first-order valence-electron chi connectivity index (χ1n) is 6.17. The molecule has 2 aliphatic rings. The lowest BCUT2D eigenvalue weighted by atomic mass is 9.92. The zero-order valence-corrected chi connectivity index (χ0v) is 9.30. The molecule has 2 nitrogen and oxygen atoms in total. The van der Waals surface area contributed by atoms with Gasteiger partial charge in [-0.05, 0) is 38.5 Å². The van der Waals surface area contributed by atoms with Crippen LogP contribution in [0.25, 0.3) is 0 Å². The quantitative estimate of drug-likeness (QED) is 0.750. The summed E-state index contributed by atoms with van der Waals surface area (Å²) < 4.78 is 5.38. The fraction of sp³-hybridized carbons (Fsp3) is 1.00. The minimum Gasteiger partial charge on any atom is -0.381 e. The molecule has 0 radical (unpaired) electrons. The summed E-state index contributed by atoms with van der Waals surface area (Å²) in [6, 6.07) is 1.61. The zero-order valence-electron chi connectivity index (χ0n) is 9.30. The third-order valence-electron chi connectivity index (χ3n) is 3.83. The van der Waals surface area contributed by atoms with E-state index >= 15 is 0 Å². The van der Waals surface area contributed by atoms with Crippen molar-refractivity contribution in [1.29, 1.82) is 0 Å². The van der Waals surface area contributed by atoms with Gasteiger partial charge in [-0.15, -0.1) is 0 Å².